The summed E-state index contributed by atoms with van der Waals surface area (Å²) in [5.74, 6) is 1.33. The molecule has 0 bridgehead atoms. The molecular weight excluding hydrogens is 432 g/mol. The highest BCUT2D eigenvalue weighted by Crippen LogP contribution is 2.45. The molecule has 0 atom stereocenters. The maximum Gasteiger partial charge on any atom is 0.235 e. The third kappa shape index (κ3) is 4.40. The molecule has 4 heterocycles. The summed E-state index contributed by atoms with van der Waals surface area (Å²) in [6.45, 7) is 14.0. The number of piperidine rings is 1. The molecule has 5 nitrogen and oxygen atoms in total. The maximum atomic E-state index is 12.9. The lowest BCUT2D eigenvalue weighted by Crippen LogP contribution is -2.46. The first-order valence-corrected chi connectivity index (χ1v) is 13.5. The van der Waals surface area contributed by atoms with Crippen LogP contribution in [0.3, 0.4) is 0 Å². The second-order valence-corrected chi connectivity index (χ2v) is 10.8. The first-order chi connectivity index (χ1) is 16.9. The lowest BCUT2D eigenvalue weighted by molar-refractivity contribution is -0.122. The molecule has 5 heteroatoms. The summed E-state index contributed by atoms with van der Waals surface area (Å²) >= 11 is 0. The second-order valence-electron chi connectivity index (χ2n) is 10.8. The van der Waals surface area contributed by atoms with Gasteiger partial charge in [-0.05, 0) is 101 Å². The molecule has 0 unspecified atom stereocenters. The fourth-order valence-electron chi connectivity index (χ4n) is 6.41. The van der Waals surface area contributed by atoms with E-state index in [4.69, 9.17) is 4.98 Å². The Kier molecular flexibility index (Phi) is 6.71. The molecule has 0 aliphatic carbocycles. The Bertz CT molecular complexity index is 1110. The minimum Gasteiger partial charge on any atom is -0.327 e. The second kappa shape index (κ2) is 9.77. The average molecular weight is 473 g/mol. The topological polar surface area (TPSA) is 48.5 Å². The van der Waals surface area contributed by atoms with E-state index in [1.165, 1.54) is 28.0 Å². The first kappa shape index (κ1) is 24.1. The highest BCUT2D eigenvalue weighted by molar-refractivity contribution is 6.06. The van der Waals surface area contributed by atoms with Crippen molar-refractivity contribution in [3.05, 3.63) is 65.0 Å². The standard InChI is InChI=1S/C30H40N4O/c1-5-25(6-2)34-22(4)10-11-24-19-23(20-31-28(24)34)8-7-15-33-16-13-30(14-17-33)26-18-21(3)9-12-27(26)32-29(30)35/h9,12,18-20,25H,4-8,10-11,13-17H2,1-3H3,(H,32,35). The first-order valence-electron chi connectivity index (χ1n) is 13.5. The number of likely N-dealkylation sites (tertiary alicyclic amines) is 1. The molecular formula is C30H40N4O. The summed E-state index contributed by atoms with van der Waals surface area (Å²) in [6.07, 6.45) is 10.4. The van der Waals surface area contributed by atoms with Gasteiger partial charge in [0.05, 0.1) is 5.41 Å². The Morgan fingerprint density at radius 2 is 1.91 bits per heavy atom. The van der Waals surface area contributed by atoms with Gasteiger partial charge in [-0.15, -0.1) is 0 Å². The van der Waals surface area contributed by atoms with E-state index in [0.29, 0.717) is 6.04 Å². The number of carbonyl (C=O) groups is 1. The van der Waals surface area contributed by atoms with Crippen molar-refractivity contribution < 1.29 is 4.79 Å². The van der Waals surface area contributed by atoms with Crippen molar-refractivity contribution in [1.82, 2.24) is 9.88 Å². The van der Waals surface area contributed by atoms with E-state index >= 15 is 0 Å². The van der Waals surface area contributed by atoms with Crippen LogP contribution in [-0.2, 0) is 23.1 Å². The molecule has 3 aliphatic heterocycles. The van der Waals surface area contributed by atoms with Crippen LogP contribution in [0.2, 0.25) is 0 Å². The van der Waals surface area contributed by atoms with Gasteiger partial charge >= 0.3 is 0 Å². The molecule has 1 amide bonds. The fourth-order valence-corrected chi connectivity index (χ4v) is 6.41. The van der Waals surface area contributed by atoms with Gasteiger partial charge in [-0.2, -0.15) is 0 Å². The molecule has 35 heavy (non-hydrogen) atoms. The number of nitrogens with one attached hydrogen (secondary N) is 1. The highest BCUT2D eigenvalue weighted by Gasteiger charge is 2.48. The average Bonchev–Trinajstić information content (AvgIpc) is 3.12. The van der Waals surface area contributed by atoms with Gasteiger partial charge in [0.1, 0.15) is 5.82 Å². The Labute approximate surface area is 210 Å². The summed E-state index contributed by atoms with van der Waals surface area (Å²) in [5.41, 5.74) is 7.06. The number of nitrogens with zero attached hydrogens (tertiary/aromatic N) is 3. The van der Waals surface area contributed by atoms with Gasteiger partial charge in [-0.25, -0.2) is 4.98 Å². The lowest BCUT2D eigenvalue weighted by atomic mass is 9.73. The molecule has 0 radical (unpaired) electrons. The molecule has 3 aliphatic rings. The number of pyridine rings is 1. The van der Waals surface area contributed by atoms with Crippen molar-refractivity contribution in [1.29, 1.82) is 0 Å². The number of hydrogen-bond acceptors (Lipinski definition) is 4. The number of aryl methyl sites for hydroxylation is 3. The number of carbonyl (C=O) groups excluding carboxylic acids is 1. The number of aromatic nitrogens is 1. The minimum absolute atomic E-state index is 0.197. The van der Waals surface area contributed by atoms with Gasteiger partial charge in [0.2, 0.25) is 5.91 Å². The Balaban J connectivity index is 1.18. The Morgan fingerprint density at radius 1 is 1.14 bits per heavy atom. The van der Waals surface area contributed by atoms with E-state index in [0.717, 1.165) is 82.5 Å². The molecule has 0 saturated carbocycles. The number of allylic oxidation sites excluding steroid dienone is 1. The number of fused-ring (bicyclic) bond motifs is 3. The van der Waals surface area contributed by atoms with Crippen LogP contribution >= 0.6 is 0 Å². The normalized spacial score (nSPS) is 19.3. The summed E-state index contributed by atoms with van der Waals surface area (Å²) in [4.78, 5) is 22.8. The molecule has 2 aromatic rings. The van der Waals surface area contributed by atoms with Crippen molar-refractivity contribution >= 4 is 17.4 Å². The van der Waals surface area contributed by atoms with E-state index in [2.05, 4.69) is 72.9 Å². The molecule has 1 saturated heterocycles. The Morgan fingerprint density at radius 3 is 2.66 bits per heavy atom. The van der Waals surface area contributed by atoms with E-state index in [1.807, 2.05) is 0 Å². The van der Waals surface area contributed by atoms with Gasteiger partial charge in [-0.1, -0.05) is 44.2 Å². The van der Waals surface area contributed by atoms with E-state index in [-0.39, 0.29) is 11.3 Å². The number of hydrogen-bond donors (Lipinski definition) is 1. The smallest absolute Gasteiger partial charge is 0.235 e. The predicted molar refractivity (Wildman–Crippen MR) is 144 cm³/mol. The molecule has 1 fully saturated rings. The predicted octanol–water partition coefficient (Wildman–Crippen LogP) is 5.76. The van der Waals surface area contributed by atoms with Crippen LogP contribution in [0.1, 0.15) is 74.6 Å². The van der Waals surface area contributed by atoms with Crippen LogP contribution in [0.4, 0.5) is 11.5 Å². The zero-order valence-electron chi connectivity index (χ0n) is 21.7. The third-order valence-corrected chi connectivity index (χ3v) is 8.58. The van der Waals surface area contributed by atoms with Crippen molar-refractivity contribution in [2.45, 2.75) is 83.6 Å². The number of benzene rings is 1. The quantitative estimate of drug-likeness (QED) is 0.556. The maximum absolute atomic E-state index is 12.9. The molecule has 5 rings (SSSR count). The minimum atomic E-state index is -0.328. The van der Waals surface area contributed by atoms with Crippen molar-refractivity contribution in [3.63, 3.8) is 0 Å². The van der Waals surface area contributed by atoms with Gasteiger partial charge in [0.15, 0.2) is 0 Å². The van der Waals surface area contributed by atoms with Gasteiger partial charge in [0, 0.05) is 23.6 Å². The highest BCUT2D eigenvalue weighted by atomic mass is 16.2. The van der Waals surface area contributed by atoms with Crippen molar-refractivity contribution in [2.24, 2.45) is 0 Å². The van der Waals surface area contributed by atoms with E-state index < -0.39 is 0 Å². The SMILES string of the molecule is C=C1CCc2cc(CCCN3CCC4(CC3)C(=O)Nc3ccc(C)cc34)cnc2N1C(CC)CC. The molecule has 1 N–H and O–H groups in total. The zero-order valence-corrected chi connectivity index (χ0v) is 21.7. The monoisotopic (exact) mass is 472 g/mol. The largest absolute Gasteiger partial charge is 0.327 e. The van der Waals surface area contributed by atoms with Crippen molar-refractivity contribution in [3.8, 4) is 0 Å². The van der Waals surface area contributed by atoms with E-state index in [9.17, 15) is 4.79 Å². The van der Waals surface area contributed by atoms with Crippen molar-refractivity contribution in [2.75, 3.05) is 29.9 Å². The third-order valence-electron chi connectivity index (χ3n) is 8.58. The summed E-state index contributed by atoms with van der Waals surface area (Å²) in [5, 5.41) is 3.14. The van der Waals surface area contributed by atoms with Gasteiger partial charge in [-0.3, -0.25) is 4.79 Å². The Hall–Kier alpha value is -2.66. The zero-order chi connectivity index (χ0) is 24.6. The number of rotatable bonds is 7. The van der Waals surface area contributed by atoms with Crippen LogP contribution in [0.5, 0.6) is 0 Å². The number of anilines is 2. The van der Waals surface area contributed by atoms with E-state index in [1.54, 1.807) is 0 Å². The van der Waals surface area contributed by atoms with Gasteiger partial charge < -0.3 is 15.1 Å². The van der Waals surface area contributed by atoms with Gasteiger partial charge in [0.25, 0.3) is 0 Å². The summed E-state index contributed by atoms with van der Waals surface area (Å²) in [6, 6.07) is 9.24. The van der Waals surface area contributed by atoms with Crippen LogP contribution in [0.25, 0.3) is 0 Å². The lowest BCUT2D eigenvalue weighted by Gasteiger charge is -2.38. The van der Waals surface area contributed by atoms with Crippen LogP contribution in [0, 0.1) is 6.92 Å². The summed E-state index contributed by atoms with van der Waals surface area (Å²) < 4.78 is 0. The van der Waals surface area contributed by atoms with Crippen LogP contribution in [0.15, 0.2) is 42.7 Å². The molecule has 1 aromatic carbocycles. The molecule has 1 aromatic heterocycles. The summed E-state index contributed by atoms with van der Waals surface area (Å²) in [7, 11) is 0. The fraction of sp³-hybridized carbons (Fsp3) is 0.533. The number of amides is 1. The molecule has 186 valence electrons. The molecule has 1 spiro atoms. The van der Waals surface area contributed by atoms with Crippen LogP contribution in [-0.4, -0.2) is 41.5 Å². The van der Waals surface area contributed by atoms with Crippen LogP contribution < -0.4 is 10.2 Å².